The molecule has 1 saturated carbocycles. The zero-order valence-corrected chi connectivity index (χ0v) is 28.0. The van der Waals surface area contributed by atoms with Crippen LogP contribution in [0.3, 0.4) is 0 Å². The van der Waals surface area contributed by atoms with Crippen molar-refractivity contribution < 1.29 is 46.5 Å². The number of nitrogens with one attached hydrogen (secondary N) is 1. The molecule has 48 heavy (non-hydrogen) atoms. The largest absolute Gasteiger partial charge is 0.476 e. The van der Waals surface area contributed by atoms with Gasteiger partial charge in [0.25, 0.3) is 5.85 Å². The number of anilines is 1. The highest BCUT2D eigenvalue weighted by Crippen LogP contribution is 2.73. The Morgan fingerprint density at radius 1 is 1.21 bits per heavy atom. The molecule has 7 atom stereocenters. The van der Waals surface area contributed by atoms with Crippen LogP contribution in [0.25, 0.3) is 21.9 Å². The summed E-state index contributed by atoms with van der Waals surface area (Å²) in [5.74, 6) is -4.18. The summed E-state index contributed by atoms with van der Waals surface area (Å²) in [5, 5.41) is 15.3. The van der Waals surface area contributed by atoms with Gasteiger partial charge in [-0.15, -0.1) is 0 Å². The molecule has 14 nitrogen and oxygen atoms in total. The molecule has 1 saturated heterocycles. The Labute approximate surface area is 274 Å². The maximum Gasteiger partial charge on any atom is 0.460 e. The molecule has 2 aliphatic rings. The van der Waals surface area contributed by atoms with Crippen LogP contribution in [0, 0.1) is 5.41 Å². The fourth-order valence-corrected chi connectivity index (χ4v) is 7.39. The summed E-state index contributed by atoms with van der Waals surface area (Å²) < 4.78 is 76.7. The van der Waals surface area contributed by atoms with Crippen LogP contribution in [0.2, 0.25) is 0 Å². The van der Waals surface area contributed by atoms with Crippen LogP contribution in [0.1, 0.15) is 47.8 Å². The first-order chi connectivity index (χ1) is 22.4. The van der Waals surface area contributed by atoms with E-state index in [1.165, 1.54) is 13.0 Å². The average Bonchev–Trinajstić information content (AvgIpc) is 3.24. The van der Waals surface area contributed by atoms with Crippen LogP contribution in [-0.4, -0.2) is 73.1 Å². The second-order valence-corrected chi connectivity index (χ2v) is 14.8. The monoisotopic (exact) mass is 690 g/mol. The number of aliphatic hydroxyl groups is 1. The molecule has 1 aliphatic heterocycles. The number of hydrogen-bond donors (Lipinski definition) is 3. The third kappa shape index (κ3) is 5.54. The molecule has 4 N–H and O–H groups in total. The van der Waals surface area contributed by atoms with E-state index in [-0.39, 0.29) is 47.4 Å². The zero-order chi connectivity index (χ0) is 34.9. The lowest BCUT2D eigenvalue weighted by Crippen LogP contribution is -2.45. The van der Waals surface area contributed by atoms with Gasteiger partial charge in [0.2, 0.25) is 11.8 Å². The summed E-state index contributed by atoms with van der Waals surface area (Å²) >= 11 is 0. The first-order valence-corrected chi connectivity index (χ1v) is 16.8. The van der Waals surface area contributed by atoms with E-state index >= 15 is 8.78 Å². The maximum atomic E-state index is 16.8. The molecular formula is C31H37F2N6O8P. The predicted octanol–water partition coefficient (Wildman–Crippen LogP) is 4.77. The minimum absolute atomic E-state index is 0.0186. The highest BCUT2D eigenvalue weighted by atomic mass is 31.2. The number of alkyl halides is 2. The van der Waals surface area contributed by atoms with Gasteiger partial charge in [0, 0.05) is 5.39 Å². The Hall–Kier alpha value is -3.95. The highest BCUT2D eigenvalue weighted by Gasteiger charge is 2.96. The first-order valence-electron chi connectivity index (χ1n) is 15.2. The number of rotatable bonds is 11. The number of carbonyl (C=O) groups is 1. The lowest BCUT2D eigenvalue weighted by molar-refractivity contribution is -0.156. The van der Waals surface area contributed by atoms with E-state index < -0.39 is 49.2 Å². The number of hydrogen-bond acceptors (Lipinski definition) is 12. The number of carbonyl (C=O) groups excluding carboxylic acids is 1. The van der Waals surface area contributed by atoms with Gasteiger partial charge in [-0.2, -0.15) is 15.1 Å². The number of nitrogens with zero attached hydrogens (tertiary/aromatic N) is 4. The van der Waals surface area contributed by atoms with Crippen molar-refractivity contribution in [3.63, 3.8) is 0 Å². The first kappa shape index (κ1) is 33.9. The molecule has 3 unspecified atom stereocenters. The van der Waals surface area contributed by atoms with E-state index in [9.17, 15) is 14.5 Å². The van der Waals surface area contributed by atoms with E-state index in [2.05, 4.69) is 20.0 Å². The topological polar surface area (TPSA) is 182 Å². The van der Waals surface area contributed by atoms with Gasteiger partial charge in [-0.25, -0.2) is 18.3 Å². The van der Waals surface area contributed by atoms with Gasteiger partial charge in [-0.1, -0.05) is 57.2 Å². The number of fused-ring (bicyclic) bond motifs is 3. The molecule has 258 valence electrons. The van der Waals surface area contributed by atoms with Gasteiger partial charge in [-0.05, 0) is 37.6 Å². The van der Waals surface area contributed by atoms with Gasteiger partial charge in [0.1, 0.15) is 11.8 Å². The summed E-state index contributed by atoms with van der Waals surface area (Å²) in [5.41, 5.74) is -0.428. The molecule has 3 heterocycles. The maximum absolute atomic E-state index is 16.8. The molecule has 2 fully saturated rings. The van der Waals surface area contributed by atoms with E-state index in [1.807, 2.05) is 20.8 Å². The van der Waals surface area contributed by atoms with Crippen molar-refractivity contribution in [2.45, 2.75) is 77.0 Å². The number of benzene rings is 2. The highest BCUT2D eigenvalue weighted by molar-refractivity contribution is 7.52. The standard InChI is InChI=1S/C31H37F2N6O8P/c1-7-43-23-21-22(36-27(34)37-23)39(16-35-21)26-29(6,32)30(41)25(31(30,33)45-26)47-48(42,38-17(2)24(40)44-15-28(3,4)5)46-20-14-10-12-18-11-8-9-13-19(18)20/h8-14,16-17,25-26,41H,7,15H2,1-6H3,(H,38,42)(H2,34,36,37)/t17?,25?,26-,29+,30+,31-,48?/m1/s1. The molecule has 1 aliphatic carbocycles. The van der Waals surface area contributed by atoms with Crippen molar-refractivity contribution in [1.82, 2.24) is 24.6 Å². The lowest BCUT2D eigenvalue weighted by atomic mass is 9.97. The van der Waals surface area contributed by atoms with E-state index in [1.54, 1.807) is 43.3 Å². The number of imidazole rings is 1. The van der Waals surface area contributed by atoms with Crippen LogP contribution < -0.4 is 20.1 Å². The van der Waals surface area contributed by atoms with Crippen LogP contribution in [0.5, 0.6) is 11.6 Å². The van der Waals surface area contributed by atoms with Crippen molar-refractivity contribution in [3.8, 4) is 11.6 Å². The number of aromatic nitrogens is 4. The molecule has 0 spiro atoms. The number of halogens is 2. The van der Waals surface area contributed by atoms with E-state index in [4.69, 9.17) is 29.0 Å². The molecule has 0 radical (unpaired) electrons. The normalized spacial score (nSPS) is 28.5. The fourth-order valence-electron chi connectivity index (χ4n) is 5.67. The van der Waals surface area contributed by atoms with Crippen molar-refractivity contribution in [1.29, 1.82) is 0 Å². The predicted molar refractivity (Wildman–Crippen MR) is 169 cm³/mol. The van der Waals surface area contributed by atoms with Gasteiger partial charge in [0.05, 0.1) is 19.5 Å². The summed E-state index contributed by atoms with van der Waals surface area (Å²) in [6, 6.07) is 10.6. The summed E-state index contributed by atoms with van der Waals surface area (Å²) in [7, 11) is -4.82. The van der Waals surface area contributed by atoms with Gasteiger partial charge in [-0.3, -0.25) is 13.9 Å². The molecule has 0 amide bonds. The second-order valence-electron chi connectivity index (χ2n) is 13.2. The van der Waals surface area contributed by atoms with E-state index in [0.29, 0.717) is 5.39 Å². The Kier molecular flexibility index (Phi) is 8.19. The Bertz CT molecular complexity index is 1930. The Morgan fingerprint density at radius 2 is 1.92 bits per heavy atom. The van der Waals surface area contributed by atoms with Crippen LogP contribution >= 0.6 is 7.75 Å². The molecule has 2 aromatic heterocycles. The Morgan fingerprint density at radius 3 is 2.58 bits per heavy atom. The Balaban J connectivity index is 1.31. The van der Waals surface area contributed by atoms with Gasteiger partial charge < -0.3 is 29.6 Å². The van der Waals surface area contributed by atoms with Gasteiger partial charge >= 0.3 is 13.7 Å². The lowest BCUT2D eigenvalue weighted by Gasteiger charge is -2.31. The SMILES string of the molecule is CCOc1nc(N)nc2c1ncn2[C@@H]1O[C@]2(F)C(OP(=O)(NC(C)C(=O)OCC(C)(C)C)Oc3cccc4ccccc34)[C@]2(O)[C@@]1(C)F. The van der Waals surface area contributed by atoms with Crippen LogP contribution in [0.4, 0.5) is 14.7 Å². The molecule has 6 rings (SSSR count). The third-order valence-corrected chi connectivity index (χ3v) is 9.78. The van der Waals surface area contributed by atoms with Crippen LogP contribution in [0.15, 0.2) is 48.8 Å². The molecule has 17 heteroatoms. The van der Waals surface area contributed by atoms with Gasteiger partial charge in [0.15, 0.2) is 34.8 Å². The molecular weight excluding hydrogens is 653 g/mol. The minimum atomic E-state index is -4.82. The van der Waals surface area contributed by atoms with Crippen molar-refractivity contribution in [3.05, 3.63) is 48.8 Å². The number of nitrogen functional groups attached to an aromatic ring is 1. The number of ether oxygens (including phenoxy) is 3. The zero-order valence-electron chi connectivity index (χ0n) is 27.1. The quantitative estimate of drug-likeness (QED) is 0.145. The summed E-state index contributed by atoms with van der Waals surface area (Å²) in [4.78, 5) is 25.1. The summed E-state index contributed by atoms with van der Waals surface area (Å²) in [6.07, 6.45) is -2.88. The molecule has 0 bridgehead atoms. The average molecular weight is 691 g/mol. The fraction of sp³-hybridized carbons (Fsp3) is 0.484. The molecule has 4 aromatic rings. The second kappa shape index (κ2) is 11.6. The van der Waals surface area contributed by atoms with Crippen molar-refractivity contribution >= 4 is 41.6 Å². The van der Waals surface area contributed by atoms with E-state index in [0.717, 1.165) is 23.2 Å². The number of nitrogens with two attached hydrogens (primary N) is 1. The number of esters is 1. The molecule has 2 aromatic carbocycles. The smallest absolute Gasteiger partial charge is 0.460 e. The summed E-state index contributed by atoms with van der Waals surface area (Å²) in [6.45, 7) is 9.80. The van der Waals surface area contributed by atoms with Crippen LogP contribution in [-0.2, 0) is 23.4 Å². The van der Waals surface area contributed by atoms with Crippen molar-refractivity contribution in [2.75, 3.05) is 18.9 Å². The van der Waals surface area contributed by atoms with Crippen molar-refractivity contribution in [2.24, 2.45) is 5.41 Å². The third-order valence-electron chi connectivity index (χ3n) is 8.15. The minimum Gasteiger partial charge on any atom is -0.476 e.